The largest absolute Gasteiger partial charge is 0.411 e. The molecule has 0 unspecified atom stereocenters. The SMILES string of the molecule is CC/C(=N\O)c1nc(C)nc2c1c(C)c(C)n2-c1c(C)cc(C)cc1C. The van der Waals surface area contributed by atoms with E-state index in [-0.39, 0.29) is 0 Å². The Morgan fingerprint density at radius 2 is 1.65 bits per heavy atom. The Balaban J connectivity index is 2.49. The Bertz CT molecular complexity index is 1020. The molecule has 0 atom stereocenters. The van der Waals surface area contributed by atoms with Gasteiger partial charge in [-0.15, -0.1) is 0 Å². The van der Waals surface area contributed by atoms with E-state index in [0.717, 1.165) is 33.7 Å². The van der Waals surface area contributed by atoms with Crippen LogP contribution in [0, 0.1) is 41.5 Å². The predicted molar refractivity (Wildman–Crippen MR) is 106 cm³/mol. The van der Waals surface area contributed by atoms with Gasteiger partial charge >= 0.3 is 0 Å². The zero-order chi connectivity index (χ0) is 19.2. The number of hydrogen-bond acceptors (Lipinski definition) is 4. The quantitative estimate of drug-likeness (QED) is 0.417. The molecule has 3 aromatic rings. The number of oxime groups is 1. The van der Waals surface area contributed by atoms with E-state index in [0.29, 0.717) is 18.0 Å². The van der Waals surface area contributed by atoms with E-state index in [2.05, 4.69) is 61.5 Å². The molecule has 0 spiro atoms. The molecule has 0 aliphatic rings. The van der Waals surface area contributed by atoms with E-state index in [1.54, 1.807) is 0 Å². The number of rotatable bonds is 3. The third-order valence-corrected chi connectivity index (χ3v) is 5.05. The fourth-order valence-corrected chi connectivity index (χ4v) is 3.87. The highest BCUT2D eigenvalue weighted by atomic mass is 16.4. The number of aromatic nitrogens is 3. The minimum absolute atomic E-state index is 0.582. The van der Waals surface area contributed by atoms with Crippen LogP contribution >= 0.6 is 0 Å². The summed E-state index contributed by atoms with van der Waals surface area (Å²) in [5.41, 5.74) is 9.26. The smallest absolute Gasteiger partial charge is 0.149 e. The standard InChI is InChI=1S/C21H26N4O/c1-8-17(24-26)19-18-14(5)15(6)25(21(18)23-16(7)22-19)20-12(3)9-11(2)10-13(20)4/h9-10,26H,8H2,1-7H3/b24-17+. The van der Waals surface area contributed by atoms with Gasteiger partial charge in [0.2, 0.25) is 0 Å². The van der Waals surface area contributed by atoms with Crippen molar-refractivity contribution in [1.29, 1.82) is 0 Å². The summed E-state index contributed by atoms with van der Waals surface area (Å²) < 4.78 is 2.22. The van der Waals surface area contributed by atoms with Gasteiger partial charge in [0.15, 0.2) is 0 Å². The molecule has 1 N–H and O–H groups in total. The second-order valence-corrected chi connectivity index (χ2v) is 7.01. The highest BCUT2D eigenvalue weighted by molar-refractivity contribution is 6.09. The summed E-state index contributed by atoms with van der Waals surface area (Å²) in [5, 5.41) is 13.9. The lowest BCUT2D eigenvalue weighted by molar-refractivity contribution is 0.318. The molecule has 0 fully saturated rings. The van der Waals surface area contributed by atoms with Crippen LogP contribution in [0.15, 0.2) is 17.3 Å². The van der Waals surface area contributed by atoms with Crippen LogP contribution in [0.25, 0.3) is 16.7 Å². The maximum Gasteiger partial charge on any atom is 0.149 e. The average Bonchev–Trinajstić information content (AvgIpc) is 2.80. The van der Waals surface area contributed by atoms with E-state index in [4.69, 9.17) is 4.98 Å². The van der Waals surface area contributed by atoms with Crippen LogP contribution in [0.5, 0.6) is 0 Å². The number of aryl methyl sites for hydroxylation is 5. The number of fused-ring (bicyclic) bond motifs is 1. The van der Waals surface area contributed by atoms with Gasteiger partial charge < -0.3 is 5.21 Å². The van der Waals surface area contributed by atoms with Crippen LogP contribution in [0.3, 0.4) is 0 Å². The van der Waals surface area contributed by atoms with Crippen molar-refractivity contribution in [1.82, 2.24) is 14.5 Å². The van der Waals surface area contributed by atoms with Crippen LogP contribution < -0.4 is 0 Å². The molecular formula is C21H26N4O. The lowest BCUT2D eigenvalue weighted by atomic mass is 10.0. The van der Waals surface area contributed by atoms with E-state index in [1.165, 1.54) is 16.7 Å². The van der Waals surface area contributed by atoms with E-state index < -0.39 is 0 Å². The van der Waals surface area contributed by atoms with E-state index in [1.807, 2.05) is 13.8 Å². The van der Waals surface area contributed by atoms with Crippen molar-refractivity contribution in [2.75, 3.05) is 0 Å². The molecule has 0 saturated carbocycles. The summed E-state index contributed by atoms with van der Waals surface area (Å²) in [6, 6.07) is 4.40. The van der Waals surface area contributed by atoms with Crippen molar-refractivity contribution >= 4 is 16.7 Å². The molecule has 1 aromatic carbocycles. The van der Waals surface area contributed by atoms with Crippen molar-refractivity contribution < 1.29 is 5.21 Å². The number of benzene rings is 1. The summed E-state index contributed by atoms with van der Waals surface area (Å²) >= 11 is 0. The lowest BCUT2D eigenvalue weighted by Crippen LogP contribution is -2.08. The maximum atomic E-state index is 9.45. The van der Waals surface area contributed by atoms with Crippen molar-refractivity contribution in [3.8, 4) is 5.69 Å². The van der Waals surface area contributed by atoms with E-state index >= 15 is 0 Å². The Morgan fingerprint density at radius 1 is 1.04 bits per heavy atom. The Labute approximate surface area is 154 Å². The van der Waals surface area contributed by atoms with Crippen molar-refractivity contribution in [2.24, 2.45) is 5.16 Å². The highest BCUT2D eigenvalue weighted by Gasteiger charge is 2.22. The molecule has 0 aliphatic carbocycles. The molecular weight excluding hydrogens is 324 g/mol. The average molecular weight is 350 g/mol. The third kappa shape index (κ3) is 2.68. The molecule has 5 nitrogen and oxygen atoms in total. The summed E-state index contributed by atoms with van der Waals surface area (Å²) in [7, 11) is 0. The topological polar surface area (TPSA) is 63.3 Å². The molecule has 0 radical (unpaired) electrons. The van der Waals surface area contributed by atoms with Crippen molar-refractivity contribution in [3.05, 3.63) is 51.6 Å². The maximum absolute atomic E-state index is 9.45. The van der Waals surface area contributed by atoms with Gasteiger partial charge in [-0.3, -0.25) is 4.57 Å². The van der Waals surface area contributed by atoms with Crippen LogP contribution in [0.1, 0.15) is 52.8 Å². The molecule has 3 rings (SSSR count). The van der Waals surface area contributed by atoms with Gasteiger partial charge in [0.05, 0.1) is 11.1 Å². The highest BCUT2D eigenvalue weighted by Crippen LogP contribution is 2.33. The molecule has 0 saturated heterocycles. The zero-order valence-electron chi connectivity index (χ0n) is 16.6. The molecule has 0 amide bonds. The molecule has 2 heterocycles. The zero-order valence-corrected chi connectivity index (χ0v) is 16.6. The van der Waals surface area contributed by atoms with Crippen molar-refractivity contribution in [2.45, 2.75) is 54.9 Å². The van der Waals surface area contributed by atoms with Crippen LogP contribution in [-0.4, -0.2) is 25.5 Å². The number of nitrogens with zero attached hydrogens (tertiary/aromatic N) is 4. The summed E-state index contributed by atoms with van der Waals surface area (Å²) in [6.07, 6.45) is 0.605. The van der Waals surface area contributed by atoms with Gasteiger partial charge in [0.25, 0.3) is 0 Å². The Kier molecular flexibility index (Phi) is 4.57. The first kappa shape index (κ1) is 18.1. The summed E-state index contributed by atoms with van der Waals surface area (Å²) in [6.45, 7) is 14.4. The minimum Gasteiger partial charge on any atom is -0.411 e. The Hall–Kier alpha value is -2.69. The molecule has 0 aliphatic heterocycles. The monoisotopic (exact) mass is 350 g/mol. The fourth-order valence-electron chi connectivity index (χ4n) is 3.87. The van der Waals surface area contributed by atoms with Gasteiger partial charge in [0.1, 0.15) is 22.9 Å². The second-order valence-electron chi connectivity index (χ2n) is 7.01. The van der Waals surface area contributed by atoms with Gasteiger partial charge in [-0.05, 0) is 64.7 Å². The van der Waals surface area contributed by atoms with Crippen LogP contribution in [0.2, 0.25) is 0 Å². The van der Waals surface area contributed by atoms with Crippen LogP contribution in [-0.2, 0) is 0 Å². The van der Waals surface area contributed by atoms with Crippen LogP contribution in [0.4, 0.5) is 0 Å². The van der Waals surface area contributed by atoms with Gasteiger partial charge in [0, 0.05) is 5.69 Å². The number of hydrogen-bond donors (Lipinski definition) is 1. The first-order valence-electron chi connectivity index (χ1n) is 8.95. The first-order valence-corrected chi connectivity index (χ1v) is 8.95. The third-order valence-electron chi connectivity index (χ3n) is 5.05. The molecule has 0 bridgehead atoms. The fraction of sp³-hybridized carbons (Fsp3) is 0.381. The summed E-state index contributed by atoms with van der Waals surface area (Å²) in [5.74, 6) is 0.670. The molecule has 5 heteroatoms. The molecule has 26 heavy (non-hydrogen) atoms. The minimum atomic E-state index is 0.582. The van der Waals surface area contributed by atoms with Gasteiger partial charge in [-0.1, -0.05) is 29.8 Å². The van der Waals surface area contributed by atoms with Gasteiger partial charge in [-0.2, -0.15) is 0 Å². The predicted octanol–water partition coefficient (Wildman–Crippen LogP) is 4.86. The van der Waals surface area contributed by atoms with Gasteiger partial charge in [-0.25, -0.2) is 9.97 Å². The normalized spacial score (nSPS) is 12.2. The molecule has 136 valence electrons. The lowest BCUT2D eigenvalue weighted by Gasteiger charge is -2.16. The van der Waals surface area contributed by atoms with E-state index in [9.17, 15) is 5.21 Å². The summed E-state index contributed by atoms with van der Waals surface area (Å²) in [4.78, 5) is 9.36. The van der Waals surface area contributed by atoms with Crippen molar-refractivity contribution in [3.63, 3.8) is 0 Å². The Morgan fingerprint density at radius 3 is 2.19 bits per heavy atom. The first-order chi connectivity index (χ1) is 12.3. The second kappa shape index (κ2) is 6.56. The molecule has 2 aromatic heterocycles.